The molecule has 0 radical (unpaired) electrons. The van der Waals surface area contributed by atoms with Crippen LogP contribution < -0.4 is 4.74 Å². The molecule has 0 aromatic heterocycles. The fraction of sp³-hybridized carbons (Fsp3) is 0.417. The maximum absolute atomic E-state index is 11.3. The Kier molecular flexibility index (Phi) is 3.41. The largest absolute Gasteiger partial charge is 0.489 e. The number of rotatable bonds is 2. The van der Waals surface area contributed by atoms with Crippen molar-refractivity contribution in [3.63, 3.8) is 0 Å². The normalized spacial score (nSPS) is 21.4. The number of carbonyl (C=O) groups excluding carboxylic acids is 1. The van der Waals surface area contributed by atoms with Crippen LogP contribution in [-0.4, -0.2) is 11.9 Å². The van der Waals surface area contributed by atoms with Crippen molar-refractivity contribution in [2.24, 2.45) is 0 Å². The highest BCUT2D eigenvalue weighted by molar-refractivity contribution is 9.10. The van der Waals surface area contributed by atoms with Crippen LogP contribution in [0.5, 0.6) is 5.75 Å². The van der Waals surface area contributed by atoms with Gasteiger partial charge in [0.25, 0.3) is 0 Å². The van der Waals surface area contributed by atoms with Gasteiger partial charge in [0, 0.05) is 12.8 Å². The lowest BCUT2D eigenvalue weighted by Gasteiger charge is -2.22. The predicted octanol–water partition coefficient (Wildman–Crippen LogP) is 3.34. The maximum Gasteiger partial charge on any atom is 0.136 e. The van der Waals surface area contributed by atoms with Crippen LogP contribution in [0.4, 0.5) is 0 Å². The Bertz CT molecular complexity index is 362. The standard InChI is InChI=1S/C12H13BrO2/c13-11-6-1-2-7-12(11)15-10-5-3-4-9(14)8-10/h1-2,6-7,10H,3-5,8H2. The molecule has 0 saturated heterocycles. The van der Waals surface area contributed by atoms with E-state index in [1.807, 2.05) is 24.3 Å². The summed E-state index contributed by atoms with van der Waals surface area (Å²) in [6.45, 7) is 0. The van der Waals surface area contributed by atoms with Crippen LogP contribution in [-0.2, 0) is 4.79 Å². The number of benzene rings is 1. The molecule has 1 atom stereocenters. The smallest absolute Gasteiger partial charge is 0.136 e. The summed E-state index contributed by atoms with van der Waals surface area (Å²) in [5.74, 6) is 1.15. The molecule has 0 heterocycles. The van der Waals surface area contributed by atoms with Gasteiger partial charge in [-0.05, 0) is 40.9 Å². The summed E-state index contributed by atoms with van der Waals surface area (Å²) < 4.78 is 6.74. The Labute approximate surface area is 97.8 Å². The molecule has 0 bridgehead atoms. The Balaban J connectivity index is 2.02. The molecule has 1 aliphatic carbocycles. The zero-order valence-electron chi connectivity index (χ0n) is 8.41. The number of hydrogen-bond acceptors (Lipinski definition) is 2. The van der Waals surface area contributed by atoms with Crippen molar-refractivity contribution in [3.05, 3.63) is 28.7 Å². The van der Waals surface area contributed by atoms with E-state index in [1.54, 1.807) is 0 Å². The number of hydrogen-bond donors (Lipinski definition) is 0. The average Bonchev–Trinajstić information content (AvgIpc) is 2.22. The van der Waals surface area contributed by atoms with E-state index in [4.69, 9.17) is 4.74 Å². The lowest BCUT2D eigenvalue weighted by molar-refractivity contribution is -0.122. The number of halogens is 1. The first kappa shape index (κ1) is 10.7. The second-order valence-corrected chi connectivity index (χ2v) is 4.66. The van der Waals surface area contributed by atoms with E-state index in [9.17, 15) is 4.79 Å². The Morgan fingerprint density at radius 3 is 2.87 bits per heavy atom. The van der Waals surface area contributed by atoms with E-state index in [1.165, 1.54) is 0 Å². The SMILES string of the molecule is O=C1CCCC(Oc2ccccc2Br)C1. The van der Waals surface area contributed by atoms with Gasteiger partial charge in [0.15, 0.2) is 0 Å². The molecule has 0 spiro atoms. The highest BCUT2D eigenvalue weighted by atomic mass is 79.9. The Morgan fingerprint density at radius 2 is 2.13 bits per heavy atom. The van der Waals surface area contributed by atoms with Crippen molar-refractivity contribution in [1.82, 2.24) is 0 Å². The minimum absolute atomic E-state index is 0.0601. The van der Waals surface area contributed by atoms with E-state index in [2.05, 4.69) is 15.9 Å². The van der Waals surface area contributed by atoms with Gasteiger partial charge in [-0.2, -0.15) is 0 Å². The maximum atomic E-state index is 11.3. The molecule has 2 rings (SSSR count). The lowest BCUT2D eigenvalue weighted by atomic mass is 9.96. The van der Waals surface area contributed by atoms with E-state index in [-0.39, 0.29) is 6.10 Å². The summed E-state index contributed by atoms with van der Waals surface area (Å²) in [5.41, 5.74) is 0. The van der Waals surface area contributed by atoms with E-state index in [0.29, 0.717) is 12.2 Å². The van der Waals surface area contributed by atoms with Gasteiger partial charge in [-0.1, -0.05) is 12.1 Å². The van der Waals surface area contributed by atoms with Crippen LogP contribution in [0.1, 0.15) is 25.7 Å². The molecule has 15 heavy (non-hydrogen) atoms. The van der Waals surface area contributed by atoms with E-state index < -0.39 is 0 Å². The molecule has 2 nitrogen and oxygen atoms in total. The average molecular weight is 269 g/mol. The summed E-state index contributed by atoms with van der Waals surface area (Å²) in [5, 5.41) is 0. The summed E-state index contributed by atoms with van der Waals surface area (Å²) in [6.07, 6.45) is 3.27. The fourth-order valence-electron chi connectivity index (χ4n) is 1.81. The Morgan fingerprint density at radius 1 is 1.33 bits per heavy atom. The molecule has 1 fully saturated rings. The molecular formula is C12H13BrO2. The summed E-state index contributed by atoms with van der Waals surface area (Å²) >= 11 is 3.43. The van der Waals surface area contributed by atoms with Gasteiger partial charge in [-0.25, -0.2) is 0 Å². The second-order valence-electron chi connectivity index (χ2n) is 3.81. The summed E-state index contributed by atoms with van der Waals surface area (Å²) in [7, 11) is 0. The van der Waals surface area contributed by atoms with Crippen LogP contribution in [0.2, 0.25) is 0 Å². The number of carbonyl (C=O) groups is 1. The van der Waals surface area contributed by atoms with E-state index in [0.717, 1.165) is 29.5 Å². The first-order chi connectivity index (χ1) is 7.25. The predicted molar refractivity (Wildman–Crippen MR) is 62.0 cm³/mol. The van der Waals surface area contributed by atoms with Gasteiger partial charge in [-0.3, -0.25) is 4.79 Å². The molecular weight excluding hydrogens is 256 g/mol. The fourth-order valence-corrected chi connectivity index (χ4v) is 2.18. The highest BCUT2D eigenvalue weighted by Gasteiger charge is 2.21. The van der Waals surface area contributed by atoms with Gasteiger partial charge in [0.05, 0.1) is 4.47 Å². The summed E-state index contributed by atoms with van der Waals surface area (Å²) in [4.78, 5) is 11.3. The van der Waals surface area contributed by atoms with Crippen molar-refractivity contribution in [2.45, 2.75) is 31.8 Å². The zero-order valence-corrected chi connectivity index (χ0v) is 10.00. The van der Waals surface area contributed by atoms with Gasteiger partial charge in [-0.15, -0.1) is 0 Å². The summed E-state index contributed by atoms with van der Waals surface area (Å²) in [6, 6.07) is 7.75. The number of ether oxygens (including phenoxy) is 1. The van der Waals surface area contributed by atoms with Crippen LogP contribution in [0.3, 0.4) is 0 Å². The third-order valence-corrected chi connectivity index (χ3v) is 3.22. The van der Waals surface area contributed by atoms with Gasteiger partial charge < -0.3 is 4.74 Å². The van der Waals surface area contributed by atoms with E-state index >= 15 is 0 Å². The minimum Gasteiger partial charge on any atom is -0.489 e. The van der Waals surface area contributed by atoms with Gasteiger partial charge in [0.2, 0.25) is 0 Å². The van der Waals surface area contributed by atoms with Crippen molar-refractivity contribution < 1.29 is 9.53 Å². The van der Waals surface area contributed by atoms with Crippen LogP contribution in [0.15, 0.2) is 28.7 Å². The van der Waals surface area contributed by atoms with Crippen molar-refractivity contribution in [3.8, 4) is 5.75 Å². The minimum atomic E-state index is 0.0601. The molecule has 1 unspecified atom stereocenters. The van der Waals surface area contributed by atoms with Gasteiger partial charge >= 0.3 is 0 Å². The number of ketones is 1. The number of para-hydroxylation sites is 1. The van der Waals surface area contributed by atoms with Crippen LogP contribution in [0.25, 0.3) is 0 Å². The van der Waals surface area contributed by atoms with Gasteiger partial charge in [0.1, 0.15) is 17.6 Å². The zero-order chi connectivity index (χ0) is 10.7. The quantitative estimate of drug-likeness (QED) is 0.823. The van der Waals surface area contributed by atoms with Crippen LogP contribution >= 0.6 is 15.9 Å². The third-order valence-electron chi connectivity index (χ3n) is 2.57. The monoisotopic (exact) mass is 268 g/mol. The van der Waals surface area contributed by atoms with Crippen molar-refractivity contribution in [2.75, 3.05) is 0 Å². The molecule has 1 aromatic carbocycles. The molecule has 0 aliphatic heterocycles. The molecule has 1 saturated carbocycles. The highest BCUT2D eigenvalue weighted by Crippen LogP contribution is 2.28. The third kappa shape index (κ3) is 2.81. The van der Waals surface area contributed by atoms with Crippen molar-refractivity contribution in [1.29, 1.82) is 0 Å². The lowest BCUT2D eigenvalue weighted by Crippen LogP contribution is -2.25. The molecule has 1 aliphatic rings. The van der Waals surface area contributed by atoms with Crippen molar-refractivity contribution >= 4 is 21.7 Å². The topological polar surface area (TPSA) is 26.3 Å². The molecule has 0 N–H and O–H groups in total. The first-order valence-electron chi connectivity index (χ1n) is 5.18. The molecule has 1 aromatic rings. The second kappa shape index (κ2) is 4.79. The Hall–Kier alpha value is -0.830. The molecule has 80 valence electrons. The number of Topliss-reactive ketones (excluding diaryl/α,β-unsaturated/α-hetero) is 1. The first-order valence-corrected chi connectivity index (χ1v) is 5.98. The molecule has 0 amide bonds. The van der Waals surface area contributed by atoms with Crippen LogP contribution in [0, 0.1) is 0 Å². The molecule has 3 heteroatoms.